The van der Waals surface area contributed by atoms with Crippen molar-refractivity contribution in [1.82, 2.24) is 9.97 Å². The minimum Gasteiger partial charge on any atom is -0.311 e. The van der Waals surface area contributed by atoms with Crippen molar-refractivity contribution in [2.24, 2.45) is 0 Å². The Morgan fingerprint density at radius 1 is 1.29 bits per heavy atom. The molecule has 0 unspecified atom stereocenters. The summed E-state index contributed by atoms with van der Waals surface area (Å²) in [5, 5.41) is 8.74. The second kappa shape index (κ2) is 4.58. The summed E-state index contributed by atoms with van der Waals surface area (Å²) in [6, 6.07) is 9.73. The molecule has 0 spiro atoms. The third-order valence-corrected chi connectivity index (χ3v) is 2.27. The van der Waals surface area contributed by atoms with Gasteiger partial charge < -0.3 is 4.90 Å². The first-order valence-corrected chi connectivity index (χ1v) is 4.94. The van der Waals surface area contributed by atoms with Gasteiger partial charge in [-0.1, -0.05) is 12.1 Å². The Morgan fingerprint density at radius 2 is 2.06 bits per heavy atom. The van der Waals surface area contributed by atoms with Crippen LogP contribution >= 0.6 is 0 Å². The number of anilines is 2. The molecule has 0 N–H and O–H groups in total. The zero-order valence-electron chi connectivity index (χ0n) is 9.13. The fraction of sp³-hybridized carbons (Fsp3) is 0.0833. The molecule has 0 aliphatic rings. The van der Waals surface area contributed by atoms with E-state index in [1.54, 1.807) is 25.2 Å². The molecular formula is C12H9FN4. The van der Waals surface area contributed by atoms with Gasteiger partial charge in [-0.3, -0.25) is 0 Å². The molecule has 17 heavy (non-hydrogen) atoms. The van der Waals surface area contributed by atoms with Gasteiger partial charge in [0.2, 0.25) is 5.95 Å². The van der Waals surface area contributed by atoms with E-state index in [1.807, 2.05) is 6.07 Å². The lowest BCUT2D eigenvalue weighted by Gasteiger charge is -2.17. The number of hydrogen-bond acceptors (Lipinski definition) is 4. The number of nitriles is 1. The molecule has 0 fully saturated rings. The van der Waals surface area contributed by atoms with Crippen LogP contribution in [0.3, 0.4) is 0 Å². The maximum atomic E-state index is 13.5. The van der Waals surface area contributed by atoms with Gasteiger partial charge in [-0.25, -0.2) is 14.4 Å². The molecule has 2 rings (SSSR count). The summed E-state index contributed by atoms with van der Waals surface area (Å²) in [6.07, 6.45) is 1.47. The van der Waals surface area contributed by atoms with Crippen molar-refractivity contribution in [2.75, 3.05) is 11.9 Å². The van der Waals surface area contributed by atoms with Crippen molar-refractivity contribution in [3.05, 3.63) is 48.0 Å². The van der Waals surface area contributed by atoms with Crippen molar-refractivity contribution in [2.45, 2.75) is 0 Å². The van der Waals surface area contributed by atoms with E-state index in [0.29, 0.717) is 5.69 Å². The Hall–Kier alpha value is -2.48. The predicted molar refractivity (Wildman–Crippen MR) is 61.2 cm³/mol. The average Bonchev–Trinajstić information content (AvgIpc) is 2.38. The second-order valence-corrected chi connectivity index (χ2v) is 3.36. The Balaban J connectivity index is 2.41. The van der Waals surface area contributed by atoms with E-state index in [1.165, 1.54) is 23.2 Å². The molecule has 1 aromatic heterocycles. The van der Waals surface area contributed by atoms with Crippen molar-refractivity contribution in [3.8, 4) is 6.07 Å². The summed E-state index contributed by atoms with van der Waals surface area (Å²) in [4.78, 5) is 9.49. The topological polar surface area (TPSA) is 52.8 Å². The maximum absolute atomic E-state index is 13.5. The molecule has 4 nitrogen and oxygen atoms in total. The van der Waals surface area contributed by atoms with Crippen LogP contribution in [0.25, 0.3) is 0 Å². The largest absolute Gasteiger partial charge is 0.311 e. The lowest BCUT2D eigenvalue weighted by Crippen LogP contribution is -2.14. The highest BCUT2D eigenvalue weighted by Gasteiger charge is 2.11. The van der Waals surface area contributed by atoms with Gasteiger partial charge >= 0.3 is 0 Å². The standard InChI is InChI=1S/C12H9FN4/c1-17(11-5-3-2-4-10(11)13)12-15-7-6-9(8-14)16-12/h2-7H,1H3. The Bertz CT molecular complexity index is 577. The number of aromatic nitrogens is 2. The fourth-order valence-corrected chi connectivity index (χ4v) is 1.40. The summed E-state index contributed by atoms with van der Waals surface area (Å²) >= 11 is 0. The van der Waals surface area contributed by atoms with E-state index >= 15 is 0 Å². The van der Waals surface area contributed by atoms with Gasteiger partial charge in [0.1, 0.15) is 17.6 Å². The monoisotopic (exact) mass is 228 g/mol. The molecule has 84 valence electrons. The van der Waals surface area contributed by atoms with E-state index in [2.05, 4.69) is 9.97 Å². The highest BCUT2D eigenvalue weighted by atomic mass is 19.1. The lowest BCUT2D eigenvalue weighted by atomic mass is 10.3. The molecule has 1 heterocycles. The predicted octanol–water partition coefficient (Wildman–Crippen LogP) is 2.26. The van der Waals surface area contributed by atoms with Gasteiger partial charge in [0, 0.05) is 13.2 Å². The first-order valence-electron chi connectivity index (χ1n) is 4.94. The summed E-state index contributed by atoms with van der Waals surface area (Å²) in [6.45, 7) is 0. The Kier molecular flexibility index (Phi) is 2.97. The van der Waals surface area contributed by atoms with E-state index < -0.39 is 0 Å². The van der Waals surface area contributed by atoms with Crippen LogP contribution in [0.2, 0.25) is 0 Å². The Morgan fingerprint density at radius 3 is 2.76 bits per heavy atom. The molecule has 0 amide bonds. The highest BCUT2D eigenvalue weighted by molar-refractivity contribution is 5.57. The zero-order valence-corrected chi connectivity index (χ0v) is 9.13. The van der Waals surface area contributed by atoms with Crippen LogP contribution in [-0.4, -0.2) is 17.0 Å². The van der Waals surface area contributed by atoms with E-state index in [0.717, 1.165) is 0 Å². The molecule has 0 saturated heterocycles. The van der Waals surface area contributed by atoms with Crippen molar-refractivity contribution in [1.29, 1.82) is 5.26 Å². The van der Waals surface area contributed by atoms with Crippen LogP contribution in [0.4, 0.5) is 16.0 Å². The highest BCUT2D eigenvalue weighted by Crippen LogP contribution is 2.22. The van der Waals surface area contributed by atoms with Crippen molar-refractivity contribution < 1.29 is 4.39 Å². The molecule has 0 aliphatic carbocycles. The first-order chi connectivity index (χ1) is 8.22. The van der Waals surface area contributed by atoms with E-state index in [9.17, 15) is 4.39 Å². The molecule has 5 heteroatoms. The zero-order chi connectivity index (χ0) is 12.3. The minimum atomic E-state index is -0.360. The van der Waals surface area contributed by atoms with Crippen LogP contribution in [0.1, 0.15) is 5.69 Å². The van der Waals surface area contributed by atoms with Crippen LogP contribution in [0.15, 0.2) is 36.5 Å². The van der Waals surface area contributed by atoms with Crippen LogP contribution < -0.4 is 4.90 Å². The van der Waals surface area contributed by atoms with Gasteiger partial charge in [0.05, 0.1) is 5.69 Å². The van der Waals surface area contributed by atoms with Crippen LogP contribution in [0, 0.1) is 17.1 Å². The number of rotatable bonds is 2. The van der Waals surface area contributed by atoms with Crippen molar-refractivity contribution in [3.63, 3.8) is 0 Å². The van der Waals surface area contributed by atoms with Crippen LogP contribution in [-0.2, 0) is 0 Å². The number of benzene rings is 1. The quantitative estimate of drug-likeness (QED) is 0.791. The lowest BCUT2D eigenvalue weighted by molar-refractivity contribution is 0.627. The average molecular weight is 228 g/mol. The smallest absolute Gasteiger partial charge is 0.230 e. The summed E-state index contributed by atoms with van der Waals surface area (Å²) < 4.78 is 13.5. The van der Waals surface area contributed by atoms with Gasteiger partial charge in [-0.15, -0.1) is 0 Å². The molecule has 1 aromatic carbocycles. The van der Waals surface area contributed by atoms with Gasteiger partial charge in [-0.05, 0) is 18.2 Å². The molecule has 0 aliphatic heterocycles. The maximum Gasteiger partial charge on any atom is 0.230 e. The second-order valence-electron chi connectivity index (χ2n) is 3.36. The Labute approximate surface area is 98.0 Å². The van der Waals surface area contributed by atoms with E-state index in [-0.39, 0.29) is 17.5 Å². The van der Waals surface area contributed by atoms with Crippen LogP contribution in [0.5, 0.6) is 0 Å². The van der Waals surface area contributed by atoms with Gasteiger partial charge in [0.15, 0.2) is 0 Å². The molecule has 0 saturated carbocycles. The summed E-state index contributed by atoms with van der Waals surface area (Å²) in [5.74, 6) is -0.0740. The number of para-hydroxylation sites is 1. The molecular weight excluding hydrogens is 219 g/mol. The third-order valence-electron chi connectivity index (χ3n) is 2.27. The SMILES string of the molecule is CN(c1nccc(C#N)n1)c1ccccc1F. The molecule has 0 atom stereocenters. The van der Waals surface area contributed by atoms with Crippen molar-refractivity contribution >= 4 is 11.6 Å². The van der Waals surface area contributed by atoms with Gasteiger partial charge in [-0.2, -0.15) is 5.26 Å². The summed E-state index contributed by atoms with van der Waals surface area (Å²) in [5.41, 5.74) is 0.612. The molecule has 0 radical (unpaired) electrons. The van der Waals surface area contributed by atoms with E-state index in [4.69, 9.17) is 5.26 Å². The molecule has 2 aromatic rings. The van der Waals surface area contributed by atoms with Gasteiger partial charge in [0.25, 0.3) is 0 Å². The third kappa shape index (κ3) is 2.21. The number of nitrogens with zero attached hydrogens (tertiary/aromatic N) is 4. The molecule has 0 bridgehead atoms. The normalized spacial score (nSPS) is 9.71. The summed E-state index contributed by atoms with van der Waals surface area (Å²) in [7, 11) is 1.65. The first kappa shape index (κ1) is 11.0. The fourth-order valence-electron chi connectivity index (χ4n) is 1.40. The minimum absolute atomic E-state index is 0.248. The number of hydrogen-bond donors (Lipinski definition) is 0. The number of halogens is 1.